The first-order chi connectivity index (χ1) is 18.1. The number of carbonyl (C=O) groups is 1. The molecule has 0 radical (unpaired) electrons. The second kappa shape index (κ2) is 13.8. The van der Waals surface area contributed by atoms with Crippen LogP contribution < -0.4 is 9.64 Å². The molecule has 1 N–H and O–H groups in total. The molecular weight excluding hydrogens is 480 g/mol. The van der Waals surface area contributed by atoms with Gasteiger partial charge in [0.15, 0.2) is 0 Å². The largest absolute Gasteiger partial charge is 0.487 e. The highest BCUT2D eigenvalue weighted by molar-refractivity contribution is 5.88. The van der Waals surface area contributed by atoms with Gasteiger partial charge in [-0.1, -0.05) is 26.0 Å². The van der Waals surface area contributed by atoms with E-state index in [1.54, 1.807) is 69.4 Å². The summed E-state index contributed by atoms with van der Waals surface area (Å²) in [4.78, 5) is 19.0. The van der Waals surface area contributed by atoms with E-state index in [0.29, 0.717) is 39.4 Å². The molecule has 0 atom stereocenters. The van der Waals surface area contributed by atoms with Crippen LogP contribution in [0.5, 0.6) is 5.75 Å². The molecule has 1 aromatic heterocycles. The Bertz CT molecular complexity index is 1320. The second-order valence-corrected chi connectivity index (χ2v) is 9.17. The van der Waals surface area contributed by atoms with Gasteiger partial charge in [0.2, 0.25) is 0 Å². The number of aliphatic hydroxyl groups is 1. The van der Waals surface area contributed by atoms with E-state index in [9.17, 15) is 9.90 Å². The van der Waals surface area contributed by atoms with Gasteiger partial charge in [0.25, 0.3) is 0 Å². The van der Waals surface area contributed by atoms with Gasteiger partial charge in [0.05, 0.1) is 36.4 Å². The lowest BCUT2D eigenvalue weighted by Gasteiger charge is -2.28. The molecule has 0 spiro atoms. The maximum atomic E-state index is 13.1. The van der Waals surface area contributed by atoms with Crippen molar-refractivity contribution in [3.05, 3.63) is 88.2 Å². The lowest BCUT2D eigenvalue weighted by molar-refractivity contribution is 0.0577. The molecule has 0 saturated carbocycles. The number of amides is 1. The maximum absolute atomic E-state index is 13.1. The van der Waals surface area contributed by atoms with E-state index in [4.69, 9.17) is 20.0 Å². The van der Waals surface area contributed by atoms with Gasteiger partial charge in [0, 0.05) is 11.9 Å². The van der Waals surface area contributed by atoms with Gasteiger partial charge in [-0.25, -0.2) is 4.79 Å². The molecule has 8 heteroatoms. The summed E-state index contributed by atoms with van der Waals surface area (Å²) in [6.07, 6.45) is 1.05. The highest BCUT2D eigenvalue weighted by Crippen LogP contribution is 2.29. The molecule has 0 fully saturated rings. The predicted molar refractivity (Wildman–Crippen MR) is 145 cm³/mol. The smallest absolute Gasteiger partial charge is 0.415 e. The Balaban J connectivity index is 0.00000247. The molecular formula is C30H34N4O4. The normalized spacial score (nSPS) is 10.3. The summed E-state index contributed by atoms with van der Waals surface area (Å²) < 4.78 is 11.7. The number of hydrogen-bond donors (Lipinski definition) is 1. The summed E-state index contributed by atoms with van der Waals surface area (Å²) in [7, 11) is 0. The zero-order valence-corrected chi connectivity index (χ0v) is 22.8. The van der Waals surface area contributed by atoms with Gasteiger partial charge in [-0.3, -0.25) is 9.88 Å². The summed E-state index contributed by atoms with van der Waals surface area (Å²) in [6, 6.07) is 17.9. The van der Waals surface area contributed by atoms with Crippen molar-refractivity contribution < 1.29 is 19.4 Å². The topological polar surface area (TPSA) is 119 Å². The van der Waals surface area contributed by atoms with Gasteiger partial charge in [-0.05, 0) is 80.8 Å². The van der Waals surface area contributed by atoms with Crippen LogP contribution >= 0.6 is 0 Å². The van der Waals surface area contributed by atoms with Crippen molar-refractivity contribution in [1.82, 2.24) is 4.98 Å². The zero-order valence-electron chi connectivity index (χ0n) is 22.8. The Morgan fingerprint density at radius 3 is 2.29 bits per heavy atom. The van der Waals surface area contributed by atoms with Crippen molar-refractivity contribution in [2.24, 2.45) is 0 Å². The van der Waals surface area contributed by atoms with Crippen LogP contribution in [0.3, 0.4) is 0 Å². The van der Waals surface area contributed by atoms with E-state index in [-0.39, 0.29) is 19.8 Å². The number of nitriles is 2. The number of nitrogens with zero attached hydrogens (tertiary/aromatic N) is 4. The van der Waals surface area contributed by atoms with Crippen molar-refractivity contribution in [3.63, 3.8) is 0 Å². The lowest BCUT2D eigenvalue weighted by atomic mass is 10.1. The van der Waals surface area contributed by atoms with E-state index < -0.39 is 11.7 Å². The Morgan fingerprint density at radius 1 is 1.05 bits per heavy atom. The van der Waals surface area contributed by atoms with Crippen molar-refractivity contribution >= 4 is 11.8 Å². The summed E-state index contributed by atoms with van der Waals surface area (Å²) in [5, 5.41) is 28.1. The van der Waals surface area contributed by atoms with Crippen LogP contribution in [-0.2, 0) is 24.5 Å². The van der Waals surface area contributed by atoms with E-state index >= 15 is 0 Å². The standard InChI is InChI=1S/C28H28N4O4.C2H6/c1-19-23(15-31-25(17-33)26(19)35-18-22-7-5-6-21(12-22)14-30)16-32(27(34)36-28(2,3)4)24-10-8-20(13-29)9-11-24;1-2/h5-12,15,33H,16-18H2,1-4H3;1-2H3. The fraction of sp³-hybridized carbons (Fsp3) is 0.333. The van der Waals surface area contributed by atoms with E-state index in [1.165, 1.54) is 4.90 Å². The van der Waals surface area contributed by atoms with Crippen LogP contribution in [0.4, 0.5) is 10.5 Å². The third-order valence-electron chi connectivity index (χ3n) is 5.30. The van der Waals surface area contributed by atoms with Crippen molar-refractivity contribution in [2.75, 3.05) is 4.90 Å². The quantitative estimate of drug-likeness (QED) is 0.400. The molecule has 3 aromatic rings. The molecule has 0 aliphatic heterocycles. The van der Waals surface area contributed by atoms with Gasteiger partial charge >= 0.3 is 6.09 Å². The number of ether oxygens (including phenoxy) is 2. The molecule has 1 heterocycles. The van der Waals surface area contributed by atoms with Crippen molar-refractivity contribution in [3.8, 4) is 17.9 Å². The third-order valence-corrected chi connectivity index (χ3v) is 5.30. The maximum Gasteiger partial charge on any atom is 0.415 e. The van der Waals surface area contributed by atoms with Crippen LogP contribution in [0.1, 0.15) is 68.1 Å². The monoisotopic (exact) mass is 514 g/mol. The first kappa shape index (κ1) is 29.8. The fourth-order valence-electron chi connectivity index (χ4n) is 3.49. The number of pyridine rings is 1. The molecule has 0 bridgehead atoms. The number of aliphatic hydroxyl groups excluding tert-OH is 1. The zero-order chi connectivity index (χ0) is 28.3. The Hall–Kier alpha value is -4.40. The van der Waals surface area contributed by atoms with E-state index in [1.807, 2.05) is 26.8 Å². The summed E-state index contributed by atoms with van der Waals surface area (Å²) in [5.74, 6) is 0.418. The molecule has 0 unspecified atom stereocenters. The average Bonchev–Trinajstić information content (AvgIpc) is 2.92. The number of rotatable bonds is 7. The van der Waals surface area contributed by atoms with Crippen LogP contribution in [0.25, 0.3) is 0 Å². The summed E-state index contributed by atoms with van der Waals surface area (Å²) >= 11 is 0. The summed E-state index contributed by atoms with van der Waals surface area (Å²) in [5.41, 5.74) is 3.44. The molecule has 0 aliphatic rings. The fourth-order valence-corrected chi connectivity index (χ4v) is 3.49. The number of carbonyl (C=O) groups excluding carboxylic acids is 1. The third kappa shape index (κ3) is 8.06. The highest BCUT2D eigenvalue weighted by atomic mass is 16.6. The Morgan fingerprint density at radius 2 is 1.71 bits per heavy atom. The molecule has 0 saturated heterocycles. The van der Waals surface area contributed by atoms with Gasteiger partial charge in [0.1, 0.15) is 23.7 Å². The first-order valence-corrected chi connectivity index (χ1v) is 12.4. The first-order valence-electron chi connectivity index (χ1n) is 12.4. The van der Waals surface area contributed by atoms with Gasteiger partial charge in [-0.15, -0.1) is 0 Å². The number of benzene rings is 2. The lowest BCUT2D eigenvalue weighted by Crippen LogP contribution is -2.36. The van der Waals surface area contributed by atoms with E-state index in [0.717, 1.165) is 5.56 Å². The minimum atomic E-state index is -0.706. The average molecular weight is 515 g/mol. The summed E-state index contributed by atoms with van der Waals surface area (Å²) in [6.45, 7) is 11.2. The van der Waals surface area contributed by atoms with Crippen LogP contribution in [-0.4, -0.2) is 21.8 Å². The van der Waals surface area contributed by atoms with Crippen LogP contribution in [0.2, 0.25) is 0 Å². The molecule has 198 valence electrons. The van der Waals surface area contributed by atoms with Gasteiger partial charge < -0.3 is 14.6 Å². The highest BCUT2D eigenvalue weighted by Gasteiger charge is 2.25. The van der Waals surface area contributed by atoms with Gasteiger partial charge in [-0.2, -0.15) is 10.5 Å². The molecule has 1 amide bonds. The van der Waals surface area contributed by atoms with E-state index in [2.05, 4.69) is 17.1 Å². The molecule has 8 nitrogen and oxygen atoms in total. The Kier molecular flexibility index (Phi) is 10.8. The Labute approximate surface area is 224 Å². The number of hydrogen-bond acceptors (Lipinski definition) is 7. The van der Waals surface area contributed by atoms with Crippen molar-refractivity contribution in [2.45, 2.75) is 66.9 Å². The number of aromatic nitrogens is 1. The molecule has 38 heavy (non-hydrogen) atoms. The minimum Gasteiger partial charge on any atom is -0.487 e. The van der Waals surface area contributed by atoms with Crippen molar-refractivity contribution in [1.29, 1.82) is 10.5 Å². The van der Waals surface area contributed by atoms with Crippen LogP contribution in [0.15, 0.2) is 54.7 Å². The van der Waals surface area contributed by atoms with Crippen LogP contribution in [0, 0.1) is 29.6 Å². The second-order valence-electron chi connectivity index (χ2n) is 9.17. The molecule has 2 aromatic carbocycles. The SMILES string of the molecule is CC.Cc1c(CN(C(=O)OC(C)(C)C)c2ccc(C#N)cc2)cnc(CO)c1OCc1cccc(C#N)c1. The molecule has 3 rings (SSSR count). The molecule has 0 aliphatic carbocycles. The number of anilines is 1. The predicted octanol–water partition coefficient (Wildman–Crippen LogP) is 6.17. The minimum absolute atomic E-state index is 0.131.